The van der Waals surface area contributed by atoms with Crippen LogP contribution in [-0.2, 0) is 6.54 Å². The second kappa shape index (κ2) is 8.69. The van der Waals surface area contributed by atoms with Crippen molar-refractivity contribution in [3.63, 3.8) is 0 Å². The zero-order valence-corrected chi connectivity index (χ0v) is 12.4. The summed E-state index contributed by atoms with van der Waals surface area (Å²) in [5.74, 6) is -0.977. The highest BCUT2D eigenvalue weighted by atomic mass is 19.1. The summed E-state index contributed by atoms with van der Waals surface area (Å²) in [5, 5.41) is 3.41. The molecule has 3 N–H and O–H groups in total. The van der Waals surface area contributed by atoms with Crippen molar-refractivity contribution in [3.8, 4) is 0 Å². The van der Waals surface area contributed by atoms with Gasteiger partial charge in [-0.05, 0) is 25.0 Å². The van der Waals surface area contributed by atoms with Crippen LogP contribution < -0.4 is 11.1 Å². The molecular formula is C16H25FN2O. The summed E-state index contributed by atoms with van der Waals surface area (Å²) in [7, 11) is 0. The summed E-state index contributed by atoms with van der Waals surface area (Å²) < 4.78 is 13.9. The zero-order chi connectivity index (χ0) is 15.0. The predicted octanol–water partition coefficient (Wildman–Crippen LogP) is 3.37. The lowest BCUT2D eigenvalue weighted by Gasteiger charge is -2.18. The fraction of sp³-hybridized carbons (Fsp3) is 0.562. The molecule has 0 radical (unpaired) electrons. The first-order valence-electron chi connectivity index (χ1n) is 7.40. The highest BCUT2D eigenvalue weighted by Crippen LogP contribution is 2.12. The van der Waals surface area contributed by atoms with Gasteiger partial charge < -0.3 is 11.1 Å². The predicted molar refractivity (Wildman–Crippen MR) is 80.0 cm³/mol. The van der Waals surface area contributed by atoms with Crippen molar-refractivity contribution < 1.29 is 9.18 Å². The number of rotatable bonds is 9. The average Bonchev–Trinajstić information content (AvgIpc) is 2.42. The number of nitrogens with one attached hydrogen (secondary N) is 1. The number of carbonyl (C=O) groups excluding carboxylic acids is 1. The molecule has 0 saturated carbocycles. The van der Waals surface area contributed by atoms with E-state index in [-0.39, 0.29) is 11.4 Å². The van der Waals surface area contributed by atoms with Gasteiger partial charge in [0.25, 0.3) is 0 Å². The lowest BCUT2D eigenvalue weighted by Crippen LogP contribution is -2.28. The van der Waals surface area contributed by atoms with Gasteiger partial charge in [0.2, 0.25) is 5.91 Å². The van der Waals surface area contributed by atoms with Gasteiger partial charge in [-0.25, -0.2) is 4.39 Å². The number of amides is 1. The van der Waals surface area contributed by atoms with Crippen LogP contribution in [0, 0.1) is 5.82 Å². The number of benzene rings is 1. The van der Waals surface area contributed by atoms with Crippen LogP contribution in [0.1, 0.15) is 61.9 Å². The van der Waals surface area contributed by atoms with Gasteiger partial charge in [-0.3, -0.25) is 4.79 Å². The molecule has 1 aromatic rings. The Morgan fingerprint density at radius 3 is 2.60 bits per heavy atom. The van der Waals surface area contributed by atoms with Gasteiger partial charge in [0.15, 0.2) is 0 Å². The molecule has 0 aliphatic heterocycles. The van der Waals surface area contributed by atoms with Crippen molar-refractivity contribution in [1.82, 2.24) is 5.32 Å². The van der Waals surface area contributed by atoms with Crippen molar-refractivity contribution in [2.45, 2.75) is 58.5 Å². The minimum absolute atomic E-state index is 0.211. The lowest BCUT2D eigenvalue weighted by molar-refractivity contribution is 0.1000. The smallest absolute Gasteiger partial charge is 0.248 e. The number of hydrogen-bond donors (Lipinski definition) is 2. The van der Waals surface area contributed by atoms with E-state index in [9.17, 15) is 9.18 Å². The molecule has 112 valence electrons. The van der Waals surface area contributed by atoms with Gasteiger partial charge >= 0.3 is 0 Å². The lowest BCUT2D eigenvalue weighted by atomic mass is 10.0. The summed E-state index contributed by atoms with van der Waals surface area (Å²) >= 11 is 0. The van der Waals surface area contributed by atoms with Gasteiger partial charge in [-0.2, -0.15) is 0 Å². The van der Waals surface area contributed by atoms with E-state index in [1.807, 2.05) is 0 Å². The topological polar surface area (TPSA) is 55.1 Å². The monoisotopic (exact) mass is 280 g/mol. The first kappa shape index (κ1) is 16.6. The van der Waals surface area contributed by atoms with Gasteiger partial charge in [0.1, 0.15) is 5.82 Å². The maximum atomic E-state index is 13.9. The summed E-state index contributed by atoms with van der Waals surface area (Å²) in [6, 6.07) is 4.84. The molecule has 0 heterocycles. The largest absolute Gasteiger partial charge is 0.366 e. The minimum Gasteiger partial charge on any atom is -0.366 e. The molecule has 1 rings (SSSR count). The highest BCUT2D eigenvalue weighted by molar-refractivity contribution is 5.92. The Bertz CT molecular complexity index is 434. The van der Waals surface area contributed by atoms with Crippen LogP contribution in [0.4, 0.5) is 4.39 Å². The third-order valence-electron chi connectivity index (χ3n) is 3.46. The Labute approximate surface area is 120 Å². The number of unbranched alkanes of at least 4 members (excludes halogenated alkanes) is 1. The second-order valence-corrected chi connectivity index (χ2v) is 5.18. The quantitative estimate of drug-likeness (QED) is 0.728. The fourth-order valence-electron chi connectivity index (χ4n) is 2.25. The molecule has 0 saturated heterocycles. The van der Waals surface area contributed by atoms with E-state index in [2.05, 4.69) is 19.2 Å². The standard InChI is InChI=1S/C16H25FN2O/c1-3-5-7-14(6-4-2)19-11-13-9-8-12(16(18)20)10-15(13)17/h8-10,14,19H,3-7,11H2,1-2H3,(H2,18,20). The van der Waals surface area contributed by atoms with E-state index >= 15 is 0 Å². The van der Waals surface area contributed by atoms with E-state index in [1.54, 1.807) is 12.1 Å². The van der Waals surface area contributed by atoms with Gasteiger partial charge in [0.05, 0.1) is 0 Å². The van der Waals surface area contributed by atoms with E-state index in [1.165, 1.54) is 18.9 Å². The molecule has 4 heteroatoms. The number of nitrogens with two attached hydrogens (primary N) is 1. The third-order valence-corrected chi connectivity index (χ3v) is 3.46. The van der Waals surface area contributed by atoms with Crippen molar-refractivity contribution in [3.05, 3.63) is 35.1 Å². The molecule has 1 atom stereocenters. The molecular weight excluding hydrogens is 255 g/mol. The van der Waals surface area contributed by atoms with Crippen LogP contribution in [0.5, 0.6) is 0 Å². The summed E-state index contributed by atoms with van der Waals surface area (Å²) in [5.41, 5.74) is 5.92. The molecule has 1 unspecified atom stereocenters. The Balaban J connectivity index is 2.60. The van der Waals surface area contributed by atoms with Crippen molar-refractivity contribution in [1.29, 1.82) is 0 Å². The number of halogens is 1. The Hall–Kier alpha value is -1.42. The average molecular weight is 280 g/mol. The molecule has 0 fully saturated rings. The third kappa shape index (κ3) is 5.29. The van der Waals surface area contributed by atoms with E-state index in [0.717, 1.165) is 19.3 Å². The maximum Gasteiger partial charge on any atom is 0.248 e. The van der Waals surface area contributed by atoms with Gasteiger partial charge in [0, 0.05) is 23.7 Å². The van der Waals surface area contributed by atoms with Crippen LogP contribution in [0.3, 0.4) is 0 Å². The van der Waals surface area contributed by atoms with Crippen molar-refractivity contribution in [2.75, 3.05) is 0 Å². The van der Waals surface area contributed by atoms with Crippen LogP contribution in [0.2, 0.25) is 0 Å². The van der Waals surface area contributed by atoms with E-state index in [4.69, 9.17) is 5.73 Å². The SMILES string of the molecule is CCCCC(CCC)NCc1ccc(C(N)=O)cc1F. The molecule has 0 bridgehead atoms. The molecule has 0 aliphatic carbocycles. The molecule has 3 nitrogen and oxygen atoms in total. The molecule has 1 amide bonds. The first-order valence-corrected chi connectivity index (χ1v) is 7.40. The van der Waals surface area contributed by atoms with E-state index < -0.39 is 5.91 Å². The summed E-state index contributed by atoms with van der Waals surface area (Å²) in [6.45, 7) is 4.81. The summed E-state index contributed by atoms with van der Waals surface area (Å²) in [6.07, 6.45) is 5.68. The molecule has 0 aliphatic rings. The highest BCUT2D eigenvalue weighted by Gasteiger charge is 2.10. The zero-order valence-electron chi connectivity index (χ0n) is 12.4. The number of primary amides is 1. The molecule has 1 aromatic carbocycles. The fourth-order valence-corrected chi connectivity index (χ4v) is 2.25. The summed E-state index contributed by atoms with van der Waals surface area (Å²) in [4.78, 5) is 11.0. The van der Waals surface area contributed by atoms with Crippen molar-refractivity contribution >= 4 is 5.91 Å². The Morgan fingerprint density at radius 1 is 1.30 bits per heavy atom. The van der Waals surface area contributed by atoms with Crippen LogP contribution in [0.25, 0.3) is 0 Å². The number of hydrogen-bond acceptors (Lipinski definition) is 2. The first-order chi connectivity index (χ1) is 9.58. The second-order valence-electron chi connectivity index (χ2n) is 5.18. The molecule has 0 aromatic heterocycles. The van der Waals surface area contributed by atoms with Crippen LogP contribution in [-0.4, -0.2) is 11.9 Å². The Morgan fingerprint density at radius 2 is 2.05 bits per heavy atom. The van der Waals surface area contributed by atoms with Crippen molar-refractivity contribution in [2.24, 2.45) is 5.73 Å². The van der Waals surface area contributed by atoms with E-state index in [0.29, 0.717) is 18.2 Å². The minimum atomic E-state index is -0.602. The number of carbonyl (C=O) groups is 1. The van der Waals surface area contributed by atoms with Crippen LogP contribution in [0.15, 0.2) is 18.2 Å². The van der Waals surface area contributed by atoms with Gasteiger partial charge in [-0.1, -0.05) is 39.2 Å². The van der Waals surface area contributed by atoms with Gasteiger partial charge in [-0.15, -0.1) is 0 Å². The Kier molecular flexibility index (Phi) is 7.23. The molecule has 0 spiro atoms. The molecule has 20 heavy (non-hydrogen) atoms. The van der Waals surface area contributed by atoms with Crippen LogP contribution >= 0.6 is 0 Å². The normalized spacial score (nSPS) is 12.3. The maximum absolute atomic E-state index is 13.9.